The Morgan fingerprint density at radius 3 is 2.58 bits per heavy atom. The van der Waals surface area contributed by atoms with Crippen molar-refractivity contribution < 1.29 is 4.79 Å². The summed E-state index contributed by atoms with van der Waals surface area (Å²) in [6, 6.07) is 12.5. The predicted octanol–water partition coefficient (Wildman–Crippen LogP) is 3.00. The molecule has 0 radical (unpaired) electrons. The van der Waals surface area contributed by atoms with Crippen LogP contribution in [0.1, 0.15) is 41.6 Å². The molecule has 0 bridgehead atoms. The Labute approximate surface area is 155 Å². The van der Waals surface area contributed by atoms with E-state index in [1.807, 2.05) is 4.90 Å². The highest BCUT2D eigenvalue weighted by molar-refractivity contribution is 5.93. The van der Waals surface area contributed by atoms with Crippen LogP contribution in [0.5, 0.6) is 0 Å². The van der Waals surface area contributed by atoms with Gasteiger partial charge in [-0.3, -0.25) is 9.69 Å². The molecule has 4 rings (SSSR count). The molecule has 1 atom stereocenters. The number of hydrogen-bond donors (Lipinski definition) is 0. The van der Waals surface area contributed by atoms with Crippen LogP contribution in [0.2, 0.25) is 0 Å². The van der Waals surface area contributed by atoms with Crippen LogP contribution >= 0.6 is 0 Å². The summed E-state index contributed by atoms with van der Waals surface area (Å²) >= 11 is 0. The maximum Gasteiger partial charge on any atom is 0.255 e. The van der Waals surface area contributed by atoms with Crippen LogP contribution in [0.15, 0.2) is 48.8 Å². The molecule has 1 aromatic carbocycles. The highest BCUT2D eigenvalue weighted by Gasteiger charge is 2.40. The van der Waals surface area contributed by atoms with Gasteiger partial charge in [-0.25, -0.2) is 0 Å². The molecular formula is C21H26N4O. The van der Waals surface area contributed by atoms with Crippen LogP contribution < -0.4 is 0 Å². The summed E-state index contributed by atoms with van der Waals surface area (Å²) in [7, 11) is 0. The first-order chi connectivity index (χ1) is 12.7. The Morgan fingerprint density at radius 1 is 1.00 bits per heavy atom. The van der Waals surface area contributed by atoms with Crippen molar-refractivity contribution in [3.05, 3.63) is 59.9 Å². The second-order valence-corrected chi connectivity index (χ2v) is 7.76. The molecule has 0 saturated carbocycles. The topological polar surface area (TPSA) is 49.3 Å². The molecule has 2 aliphatic heterocycles. The van der Waals surface area contributed by atoms with Crippen molar-refractivity contribution in [2.45, 2.75) is 32.2 Å². The summed E-state index contributed by atoms with van der Waals surface area (Å²) in [4.78, 5) is 17.4. The summed E-state index contributed by atoms with van der Waals surface area (Å²) in [5.74, 6) is 0.0964. The second-order valence-electron chi connectivity index (χ2n) is 7.76. The minimum Gasteiger partial charge on any atom is -0.338 e. The summed E-state index contributed by atoms with van der Waals surface area (Å²) in [6.07, 6.45) is 7.91. The number of hydrogen-bond acceptors (Lipinski definition) is 4. The molecule has 2 aliphatic rings. The lowest BCUT2D eigenvalue weighted by atomic mass is 9.73. The highest BCUT2D eigenvalue weighted by atomic mass is 16.2. The third-order valence-electron chi connectivity index (χ3n) is 5.77. The summed E-state index contributed by atoms with van der Waals surface area (Å²) in [5, 5.41) is 7.64. The number of benzene rings is 1. The van der Waals surface area contributed by atoms with E-state index in [4.69, 9.17) is 0 Å². The van der Waals surface area contributed by atoms with E-state index in [-0.39, 0.29) is 11.3 Å². The fourth-order valence-electron chi connectivity index (χ4n) is 4.60. The predicted molar refractivity (Wildman–Crippen MR) is 101 cm³/mol. The molecular weight excluding hydrogens is 324 g/mol. The molecule has 3 heterocycles. The zero-order valence-electron chi connectivity index (χ0n) is 15.2. The van der Waals surface area contributed by atoms with Gasteiger partial charge in [-0.15, -0.1) is 0 Å². The van der Waals surface area contributed by atoms with E-state index >= 15 is 0 Å². The minimum absolute atomic E-state index is 0.0964. The zero-order valence-corrected chi connectivity index (χ0v) is 15.2. The molecule has 1 spiro atoms. The largest absolute Gasteiger partial charge is 0.338 e. The van der Waals surface area contributed by atoms with Gasteiger partial charge in [-0.1, -0.05) is 30.3 Å². The third kappa shape index (κ3) is 3.78. The molecule has 2 saturated heterocycles. The molecule has 0 aliphatic carbocycles. The van der Waals surface area contributed by atoms with Gasteiger partial charge in [0.2, 0.25) is 0 Å². The Bertz CT molecular complexity index is 732. The van der Waals surface area contributed by atoms with Crippen LogP contribution in [-0.2, 0) is 6.54 Å². The van der Waals surface area contributed by atoms with Crippen LogP contribution in [0.3, 0.4) is 0 Å². The van der Waals surface area contributed by atoms with E-state index in [1.165, 1.54) is 24.8 Å². The smallest absolute Gasteiger partial charge is 0.255 e. The zero-order chi connectivity index (χ0) is 17.8. The Balaban J connectivity index is 1.44. The number of aromatic nitrogens is 2. The number of carbonyl (C=O) groups is 1. The van der Waals surface area contributed by atoms with Gasteiger partial charge in [-0.05, 0) is 43.9 Å². The van der Waals surface area contributed by atoms with Crippen molar-refractivity contribution in [3.63, 3.8) is 0 Å². The first-order valence-corrected chi connectivity index (χ1v) is 9.56. The van der Waals surface area contributed by atoms with Gasteiger partial charge < -0.3 is 4.90 Å². The fourth-order valence-corrected chi connectivity index (χ4v) is 4.60. The van der Waals surface area contributed by atoms with E-state index in [2.05, 4.69) is 45.4 Å². The normalized spacial score (nSPS) is 23.9. The van der Waals surface area contributed by atoms with Gasteiger partial charge in [0.1, 0.15) is 0 Å². The first kappa shape index (κ1) is 17.2. The molecule has 1 unspecified atom stereocenters. The molecule has 136 valence electrons. The monoisotopic (exact) mass is 350 g/mol. The number of likely N-dealkylation sites (tertiary alicyclic amines) is 2. The minimum atomic E-state index is 0.0964. The lowest BCUT2D eigenvalue weighted by molar-refractivity contribution is 0.0113. The number of nitrogens with zero attached hydrogens (tertiary/aromatic N) is 4. The van der Waals surface area contributed by atoms with Crippen LogP contribution in [-0.4, -0.2) is 52.1 Å². The van der Waals surface area contributed by atoms with Gasteiger partial charge in [0, 0.05) is 31.6 Å². The quantitative estimate of drug-likeness (QED) is 0.854. The Hall–Kier alpha value is -2.27. The number of rotatable bonds is 3. The number of piperidine rings is 2. The van der Waals surface area contributed by atoms with E-state index in [9.17, 15) is 4.79 Å². The Kier molecular flexibility index (Phi) is 4.98. The van der Waals surface area contributed by atoms with Crippen LogP contribution in [0, 0.1) is 5.41 Å². The average molecular weight is 350 g/mol. The molecule has 0 N–H and O–H groups in total. The van der Waals surface area contributed by atoms with E-state index in [0.29, 0.717) is 5.56 Å². The third-order valence-corrected chi connectivity index (χ3v) is 5.77. The van der Waals surface area contributed by atoms with Gasteiger partial charge in [-0.2, -0.15) is 10.2 Å². The van der Waals surface area contributed by atoms with Gasteiger partial charge in [0.05, 0.1) is 18.0 Å². The van der Waals surface area contributed by atoms with Crippen LogP contribution in [0.4, 0.5) is 0 Å². The van der Waals surface area contributed by atoms with Crippen molar-refractivity contribution in [2.75, 3.05) is 26.2 Å². The molecule has 1 aromatic heterocycles. The van der Waals surface area contributed by atoms with Gasteiger partial charge in [0.15, 0.2) is 0 Å². The van der Waals surface area contributed by atoms with E-state index in [1.54, 1.807) is 18.5 Å². The Morgan fingerprint density at radius 2 is 1.81 bits per heavy atom. The lowest BCUT2D eigenvalue weighted by Gasteiger charge is -2.48. The van der Waals surface area contributed by atoms with Crippen molar-refractivity contribution in [1.82, 2.24) is 20.0 Å². The van der Waals surface area contributed by atoms with Crippen molar-refractivity contribution >= 4 is 5.91 Å². The molecule has 2 fully saturated rings. The van der Waals surface area contributed by atoms with Crippen molar-refractivity contribution in [2.24, 2.45) is 5.41 Å². The summed E-state index contributed by atoms with van der Waals surface area (Å²) in [6.45, 7) is 4.95. The number of carbonyl (C=O) groups excluding carboxylic acids is 1. The first-order valence-electron chi connectivity index (χ1n) is 9.56. The molecule has 26 heavy (non-hydrogen) atoms. The van der Waals surface area contributed by atoms with Crippen molar-refractivity contribution in [1.29, 1.82) is 0 Å². The fraction of sp³-hybridized carbons (Fsp3) is 0.476. The van der Waals surface area contributed by atoms with Gasteiger partial charge >= 0.3 is 0 Å². The summed E-state index contributed by atoms with van der Waals surface area (Å²) < 4.78 is 0. The van der Waals surface area contributed by atoms with E-state index in [0.717, 1.165) is 39.1 Å². The lowest BCUT2D eigenvalue weighted by Crippen LogP contribution is -2.53. The highest BCUT2D eigenvalue weighted by Crippen LogP contribution is 2.39. The maximum atomic E-state index is 12.8. The molecule has 5 heteroatoms. The molecule has 5 nitrogen and oxygen atoms in total. The van der Waals surface area contributed by atoms with E-state index < -0.39 is 0 Å². The van der Waals surface area contributed by atoms with Crippen molar-refractivity contribution in [3.8, 4) is 0 Å². The maximum absolute atomic E-state index is 12.8. The number of amides is 1. The average Bonchev–Trinajstić information content (AvgIpc) is 2.69. The summed E-state index contributed by atoms with van der Waals surface area (Å²) in [5.41, 5.74) is 2.26. The SMILES string of the molecule is O=C(c1ccnnc1)N1CCCC2(CCCN(Cc3ccccc3)C2)C1. The van der Waals surface area contributed by atoms with Gasteiger partial charge in [0.25, 0.3) is 5.91 Å². The second kappa shape index (κ2) is 7.54. The van der Waals surface area contributed by atoms with Crippen LogP contribution in [0.25, 0.3) is 0 Å². The molecule has 2 aromatic rings. The standard InChI is InChI=1S/C21H26N4O/c26-20(19-8-11-22-23-14-19)25-13-5-10-21(17-25)9-4-12-24(16-21)15-18-6-2-1-3-7-18/h1-3,6-8,11,14H,4-5,9-10,12-13,15-17H2. The molecule has 1 amide bonds.